The summed E-state index contributed by atoms with van der Waals surface area (Å²) in [5.41, 5.74) is 5.14. The predicted octanol–water partition coefficient (Wildman–Crippen LogP) is 4.01. The molecule has 0 bridgehead atoms. The number of nitrogens with two attached hydrogens (primary N) is 1. The van der Waals surface area contributed by atoms with Crippen LogP contribution in [-0.2, 0) is 11.3 Å². The SMILES string of the molecule is NC(=O)c1cc(COC(=O)N2C[C@H]3C[C@@H](Oc4ccc(Cl)c5ccccc45)C[C@H]3C2)on1. The van der Waals surface area contributed by atoms with E-state index in [1.807, 2.05) is 36.4 Å². The van der Waals surface area contributed by atoms with E-state index in [0.29, 0.717) is 29.9 Å². The van der Waals surface area contributed by atoms with Crippen LogP contribution < -0.4 is 10.5 Å². The zero-order valence-electron chi connectivity index (χ0n) is 17.2. The number of amides is 2. The molecule has 3 atom stereocenters. The fraction of sp³-hybridized carbons (Fsp3) is 0.348. The second kappa shape index (κ2) is 8.35. The van der Waals surface area contributed by atoms with Gasteiger partial charge in [0, 0.05) is 35.0 Å². The fourth-order valence-electron chi connectivity index (χ4n) is 4.73. The van der Waals surface area contributed by atoms with Crippen molar-refractivity contribution in [3.63, 3.8) is 0 Å². The van der Waals surface area contributed by atoms with Gasteiger partial charge in [0.05, 0.1) is 6.10 Å². The summed E-state index contributed by atoms with van der Waals surface area (Å²) in [6.45, 7) is 1.17. The maximum Gasteiger partial charge on any atom is 0.410 e. The highest BCUT2D eigenvalue weighted by atomic mass is 35.5. The minimum absolute atomic E-state index is 0.00580. The number of primary amides is 1. The molecule has 1 aliphatic carbocycles. The highest BCUT2D eigenvalue weighted by Gasteiger charge is 2.43. The van der Waals surface area contributed by atoms with E-state index in [-0.39, 0.29) is 24.2 Å². The Morgan fingerprint density at radius 2 is 1.84 bits per heavy atom. The lowest BCUT2D eigenvalue weighted by Gasteiger charge is -2.20. The number of ether oxygens (including phenoxy) is 2. The Morgan fingerprint density at radius 1 is 1.12 bits per heavy atom. The summed E-state index contributed by atoms with van der Waals surface area (Å²) in [5, 5.41) is 6.23. The number of halogens is 1. The Hall–Kier alpha value is -3.26. The molecule has 2 aliphatic rings. The van der Waals surface area contributed by atoms with E-state index in [1.54, 1.807) is 4.90 Å². The molecule has 1 aromatic heterocycles. The van der Waals surface area contributed by atoms with Crippen LogP contribution in [0.3, 0.4) is 0 Å². The summed E-state index contributed by atoms with van der Waals surface area (Å²) in [5.74, 6) is 1.17. The van der Waals surface area contributed by atoms with Crippen molar-refractivity contribution < 1.29 is 23.6 Å². The molecule has 0 spiro atoms. The van der Waals surface area contributed by atoms with Crippen LogP contribution in [0.2, 0.25) is 5.02 Å². The van der Waals surface area contributed by atoms with Crippen LogP contribution in [0.15, 0.2) is 47.0 Å². The number of benzene rings is 2. The Balaban J connectivity index is 1.15. The van der Waals surface area contributed by atoms with Crippen molar-refractivity contribution in [1.82, 2.24) is 10.1 Å². The van der Waals surface area contributed by atoms with Crippen LogP contribution in [0.4, 0.5) is 4.79 Å². The summed E-state index contributed by atoms with van der Waals surface area (Å²) in [6, 6.07) is 13.1. The second-order valence-corrected chi connectivity index (χ2v) is 8.73. The van der Waals surface area contributed by atoms with E-state index in [4.69, 9.17) is 31.3 Å². The van der Waals surface area contributed by atoms with Crippen molar-refractivity contribution >= 4 is 34.4 Å². The van der Waals surface area contributed by atoms with E-state index in [9.17, 15) is 9.59 Å². The maximum absolute atomic E-state index is 12.4. The largest absolute Gasteiger partial charge is 0.490 e. The molecule has 8 nitrogen and oxygen atoms in total. The molecule has 1 aliphatic heterocycles. The third-order valence-electron chi connectivity index (χ3n) is 6.24. The molecule has 5 rings (SSSR count). The van der Waals surface area contributed by atoms with Gasteiger partial charge in [-0.25, -0.2) is 4.79 Å². The summed E-state index contributed by atoms with van der Waals surface area (Å²) < 4.78 is 16.6. The molecule has 166 valence electrons. The van der Waals surface area contributed by atoms with Crippen molar-refractivity contribution in [3.8, 4) is 5.75 Å². The van der Waals surface area contributed by atoms with Gasteiger partial charge in [0.15, 0.2) is 18.1 Å². The first-order valence-electron chi connectivity index (χ1n) is 10.5. The van der Waals surface area contributed by atoms with Gasteiger partial charge >= 0.3 is 6.09 Å². The lowest BCUT2D eigenvalue weighted by Crippen LogP contribution is -2.31. The quantitative estimate of drug-likeness (QED) is 0.622. The summed E-state index contributed by atoms with van der Waals surface area (Å²) in [6.07, 6.45) is 1.47. The Morgan fingerprint density at radius 3 is 2.53 bits per heavy atom. The van der Waals surface area contributed by atoms with E-state index in [0.717, 1.165) is 29.4 Å². The summed E-state index contributed by atoms with van der Waals surface area (Å²) in [7, 11) is 0. The minimum atomic E-state index is -0.693. The maximum atomic E-state index is 12.4. The number of rotatable bonds is 5. The van der Waals surface area contributed by atoms with Crippen LogP contribution >= 0.6 is 11.6 Å². The number of carbonyl (C=O) groups excluding carboxylic acids is 2. The molecule has 2 fully saturated rings. The highest BCUT2D eigenvalue weighted by molar-refractivity contribution is 6.35. The molecule has 1 saturated heterocycles. The first-order valence-corrected chi connectivity index (χ1v) is 10.9. The molecular weight excluding hydrogens is 434 g/mol. The van der Waals surface area contributed by atoms with Crippen molar-refractivity contribution in [1.29, 1.82) is 0 Å². The third kappa shape index (κ3) is 3.98. The Bertz CT molecular complexity index is 1170. The van der Waals surface area contributed by atoms with E-state index in [1.165, 1.54) is 6.07 Å². The Kier molecular flexibility index (Phi) is 5.38. The van der Waals surface area contributed by atoms with Crippen molar-refractivity contribution in [3.05, 3.63) is 58.9 Å². The number of nitrogens with zero attached hydrogens (tertiary/aromatic N) is 2. The van der Waals surface area contributed by atoms with Crippen molar-refractivity contribution in [2.75, 3.05) is 13.1 Å². The summed E-state index contributed by atoms with van der Waals surface area (Å²) in [4.78, 5) is 25.2. The van der Waals surface area contributed by atoms with Gasteiger partial charge < -0.3 is 24.6 Å². The van der Waals surface area contributed by atoms with Crippen LogP contribution in [0.25, 0.3) is 10.8 Å². The molecule has 0 unspecified atom stereocenters. The lowest BCUT2D eigenvalue weighted by atomic mass is 10.0. The van der Waals surface area contributed by atoms with E-state index < -0.39 is 12.0 Å². The van der Waals surface area contributed by atoms with Gasteiger partial charge in [-0.3, -0.25) is 4.79 Å². The summed E-state index contributed by atoms with van der Waals surface area (Å²) >= 11 is 6.31. The topological polar surface area (TPSA) is 108 Å². The van der Waals surface area contributed by atoms with Gasteiger partial charge in [-0.2, -0.15) is 0 Å². The molecule has 1 saturated carbocycles. The Labute approximate surface area is 189 Å². The van der Waals surface area contributed by atoms with Crippen LogP contribution in [0, 0.1) is 11.8 Å². The standard InChI is InChI=1S/C23H22ClN3O5/c24-19-5-6-21(18-4-2-1-3-17(18)19)31-15-7-13-10-27(11-14(13)8-15)23(29)30-12-16-9-20(22(25)28)26-32-16/h1-6,9,13-15H,7-8,10-12H2,(H2,25,28)/t13-,14+,15-. The molecule has 3 aromatic rings. The number of carbonyl (C=O) groups is 2. The van der Waals surface area contributed by atoms with E-state index in [2.05, 4.69) is 5.16 Å². The third-order valence-corrected chi connectivity index (χ3v) is 6.57. The average molecular weight is 456 g/mol. The number of fused-ring (bicyclic) bond motifs is 2. The normalized spacial score (nSPS) is 22.2. The number of aromatic nitrogens is 1. The molecule has 0 radical (unpaired) electrons. The predicted molar refractivity (Wildman–Crippen MR) is 116 cm³/mol. The first-order chi connectivity index (χ1) is 15.5. The molecule has 32 heavy (non-hydrogen) atoms. The number of likely N-dealkylation sites (tertiary alicyclic amines) is 1. The van der Waals surface area contributed by atoms with Crippen LogP contribution in [0.5, 0.6) is 5.75 Å². The lowest BCUT2D eigenvalue weighted by molar-refractivity contribution is 0.0899. The zero-order chi connectivity index (χ0) is 22.2. The zero-order valence-corrected chi connectivity index (χ0v) is 18.0. The monoisotopic (exact) mass is 455 g/mol. The average Bonchev–Trinajstić information content (AvgIpc) is 3.49. The van der Waals surface area contributed by atoms with Gasteiger partial charge in [-0.05, 0) is 36.8 Å². The smallest absolute Gasteiger partial charge is 0.410 e. The molecular formula is C23H22ClN3O5. The van der Waals surface area contributed by atoms with Crippen LogP contribution in [-0.4, -0.2) is 41.3 Å². The molecule has 2 heterocycles. The van der Waals surface area contributed by atoms with Crippen molar-refractivity contribution in [2.45, 2.75) is 25.6 Å². The van der Waals surface area contributed by atoms with Gasteiger partial charge in [0.2, 0.25) is 0 Å². The fourth-order valence-corrected chi connectivity index (χ4v) is 4.96. The van der Waals surface area contributed by atoms with Gasteiger partial charge in [0.25, 0.3) is 5.91 Å². The van der Waals surface area contributed by atoms with Crippen LogP contribution in [0.1, 0.15) is 29.1 Å². The minimum Gasteiger partial charge on any atom is -0.490 e. The second-order valence-electron chi connectivity index (χ2n) is 8.32. The van der Waals surface area contributed by atoms with Crippen molar-refractivity contribution in [2.24, 2.45) is 17.6 Å². The number of hydrogen-bond acceptors (Lipinski definition) is 6. The van der Waals surface area contributed by atoms with Gasteiger partial charge in [-0.1, -0.05) is 41.0 Å². The highest BCUT2D eigenvalue weighted by Crippen LogP contribution is 2.41. The van der Waals surface area contributed by atoms with Gasteiger partial charge in [0.1, 0.15) is 5.75 Å². The number of hydrogen-bond donors (Lipinski definition) is 1. The van der Waals surface area contributed by atoms with E-state index >= 15 is 0 Å². The molecule has 2 aromatic carbocycles. The molecule has 9 heteroatoms. The van der Waals surface area contributed by atoms with Gasteiger partial charge in [-0.15, -0.1) is 0 Å². The molecule has 2 N–H and O–H groups in total. The first kappa shape index (κ1) is 20.6. The molecule has 2 amide bonds.